The number of hydrogen-bond donors (Lipinski definition) is 1. The van der Waals surface area contributed by atoms with Crippen molar-refractivity contribution in [3.8, 4) is 0 Å². The molecular weight excluding hydrogens is 328 g/mol. The van der Waals surface area contributed by atoms with E-state index in [1.807, 2.05) is 0 Å². The summed E-state index contributed by atoms with van der Waals surface area (Å²) in [7, 11) is 0. The second-order valence-electron chi connectivity index (χ2n) is 4.60. The summed E-state index contributed by atoms with van der Waals surface area (Å²) in [5.74, 6) is -7.73. The monoisotopic (exact) mass is 346 g/mol. The van der Waals surface area contributed by atoms with Crippen molar-refractivity contribution in [2.45, 2.75) is 51.8 Å². The third-order valence-corrected chi connectivity index (χ3v) is 2.64. The molecule has 0 amide bonds. The average Bonchev–Trinajstić information content (AvgIpc) is 2.98. The van der Waals surface area contributed by atoms with Crippen LogP contribution in [0.4, 0.5) is 0 Å². The van der Waals surface area contributed by atoms with Gasteiger partial charge in [-0.1, -0.05) is 13.8 Å². The van der Waals surface area contributed by atoms with E-state index in [0.29, 0.717) is 12.8 Å². The van der Waals surface area contributed by atoms with Crippen molar-refractivity contribution in [1.82, 2.24) is 0 Å². The first-order chi connectivity index (χ1) is 11.4. The quantitative estimate of drug-likeness (QED) is 0.363. The van der Waals surface area contributed by atoms with E-state index in [0.717, 1.165) is 12.5 Å². The van der Waals surface area contributed by atoms with Gasteiger partial charge in [-0.15, -0.1) is 0 Å². The van der Waals surface area contributed by atoms with Crippen molar-refractivity contribution in [2.75, 3.05) is 0 Å². The highest BCUT2D eigenvalue weighted by Gasteiger charge is 2.56. The summed E-state index contributed by atoms with van der Waals surface area (Å²) in [5, 5.41) is 9.07. The van der Waals surface area contributed by atoms with E-state index in [-0.39, 0.29) is 12.8 Å². The Balaban J connectivity index is 2.81. The first-order valence-corrected chi connectivity index (χ1v) is 7.19. The van der Waals surface area contributed by atoms with Crippen LogP contribution >= 0.6 is 0 Å². The van der Waals surface area contributed by atoms with Crippen LogP contribution in [0.1, 0.15) is 39.5 Å². The van der Waals surface area contributed by atoms with E-state index >= 15 is 0 Å². The molecule has 0 aromatic rings. The van der Waals surface area contributed by atoms with E-state index in [4.69, 9.17) is 14.6 Å². The molecule has 10 nitrogen and oxygen atoms in total. The minimum Gasteiger partial charge on any atom is -0.475 e. The zero-order valence-electron chi connectivity index (χ0n) is 13.2. The van der Waals surface area contributed by atoms with Gasteiger partial charge in [0.25, 0.3) is 0 Å². The van der Waals surface area contributed by atoms with E-state index in [2.05, 4.69) is 14.2 Å². The summed E-state index contributed by atoms with van der Waals surface area (Å²) >= 11 is 0. The highest BCUT2D eigenvalue weighted by molar-refractivity contribution is 6.01. The Kier molecular flexibility index (Phi) is 7.02. The molecule has 0 atom stereocenters. The summed E-state index contributed by atoms with van der Waals surface area (Å²) in [6, 6.07) is 0. The molecular formula is C14H18O10. The molecule has 0 fully saturated rings. The lowest BCUT2D eigenvalue weighted by atomic mass is 10.3. The standard InChI is InChI=1S/C14H18O10/c1-3-5-9(15)22-13(23-10(16)6-4-2)24-12(19)14(11(17)18)20-7-8-21-14/h7-8,13H,3-6H2,1-2H3,(H,17,18). The fraction of sp³-hybridized carbons (Fsp3) is 0.571. The van der Waals surface area contributed by atoms with Crippen molar-refractivity contribution >= 4 is 23.9 Å². The van der Waals surface area contributed by atoms with Gasteiger partial charge in [-0.2, -0.15) is 0 Å². The second-order valence-corrected chi connectivity index (χ2v) is 4.60. The predicted molar refractivity (Wildman–Crippen MR) is 73.6 cm³/mol. The van der Waals surface area contributed by atoms with Crippen LogP contribution in [0.3, 0.4) is 0 Å². The van der Waals surface area contributed by atoms with Crippen LogP contribution in [0.25, 0.3) is 0 Å². The lowest BCUT2D eigenvalue weighted by Crippen LogP contribution is -2.50. The molecule has 1 N–H and O–H groups in total. The first kappa shape index (κ1) is 19.3. The third kappa shape index (κ3) is 4.86. The van der Waals surface area contributed by atoms with Crippen molar-refractivity contribution in [2.24, 2.45) is 0 Å². The molecule has 0 aromatic carbocycles. The maximum atomic E-state index is 12.0. The highest BCUT2D eigenvalue weighted by Crippen LogP contribution is 2.23. The molecule has 1 aliphatic rings. The Morgan fingerprint density at radius 1 is 0.958 bits per heavy atom. The van der Waals surface area contributed by atoms with E-state index < -0.39 is 36.1 Å². The molecule has 1 rings (SSSR count). The van der Waals surface area contributed by atoms with Crippen molar-refractivity contribution in [3.63, 3.8) is 0 Å². The van der Waals surface area contributed by atoms with Crippen molar-refractivity contribution in [1.29, 1.82) is 0 Å². The molecule has 134 valence electrons. The first-order valence-electron chi connectivity index (χ1n) is 7.19. The smallest absolute Gasteiger partial charge is 0.452 e. The van der Waals surface area contributed by atoms with Crippen LogP contribution in [0.5, 0.6) is 0 Å². The Morgan fingerprint density at radius 3 is 1.79 bits per heavy atom. The molecule has 1 heterocycles. The summed E-state index contributed by atoms with van der Waals surface area (Å²) in [6.45, 7) is 1.37. The molecule has 1 aliphatic heterocycles. The number of hydrogen-bond acceptors (Lipinski definition) is 9. The minimum atomic E-state index is -2.79. The average molecular weight is 346 g/mol. The molecule has 0 bridgehead atoms. The van der Waals surface area contributed by atoms with Gasteiger partial charge in [0, 0.05) is 12.8 Å². The van der Waals surface area contributed by atoms with Crippen LogP contribution in [-0.4, -0.2) is 41.2 Å². The van der Waals surface area contributed by atoms with Gasteiger partial charge in [0.1, 0.15) is 12.5 Å². The maximum absolute atomic E-state index is 12.0. The molecule has 0 saturated carbocycles. The topological polar surface area (TPSA) is 135 Å². The highest BCUT2D eigenvalue weighted by atomic mass is 16.9. The van der Waals surface area contributed by atoms with Gasteiger partial charge in [-0.25, -0.2) is 9.59 Å². The number of rotatable bonds is 9. The van der Waals surface area contributed by atoms with Crippen molar-refractivity contribution < 1.29 is 48.0 Å². The lowest BCUT2D eigenvalue weighted by Gasteiger charge is -2.23. The number of carbonyl (C=O) groups is 4. The van der Waals surface area contributed by atoms with Crippen LogP contribution in [0.2, 0.25) is 0 Å². The van der Waals surface area contributed by atoms with E-state index in [9.17, 15) is 19.2 Å². The van der Waals surface area contributed by atoms with Gasteiger partial charge in [0.05, 0.1) is 0 Å². The maximum Gasteiger partial charge on any atom is 0.452 e. The number of carboxylic acid groups (broad SMARTS) is 1. The molecule has 0 saturated heterocycles. The number of carboxylic acids is 1. The van der Waals surface area contributed by atoms with Gasteiger partial charge in [-0.3, -0.25) is 9.59 Å². The molecule has 0 radical (unpaired) electrons. The molecule has 24 heavy (non-hydrogen) atoms. The van der Waals surface area contributed by atoms with Gasteiger partial charge in [0.15, 0.2) is 0 Å². The number of carbonyl (C=O) groups excluding carboxylic acids is 3. The lowest BCUT2D eigenvalue weighted by molar-refractivity contribution is -0.274. The summed E-state index contributed by atoms with van der Waals surface area (Å²) in [4.78, 5) is 46.2. The van der Waals surface area contributed by atoms with Crippen LogP contribution in [-0.2, 0) is 42.9 Å². The minimum absolute atomic E-state index is 0.0159. The van der Waals surface area contributed by atoms with Crippen LogP contribution < -0.4 is 0 Å². The van der Waals surface area contributed by atoms with Crippen LogP contribution in [0.15, 0.2) is 12.5 Å². The molecule has 10 heteroatoms. The largest absolute Gasteiger partial charge is 0.475 e. The molecule has 0 aliphatic carbocycles. The molecule has 0 unspecified atom stereocenters. The number of aliphatic carboxylic acids is 1. The Hall–Kier alpha value is -2.78. The fourth-order valence-corrected chi connectivity index (χ4v) is 1.54. The van der Waals surface area contributed by atoms with Crippen molar-refractivity contribution in [3.05, 3.63) is 12.5 Å². The summed E-state index contributed by atoms with van der Waals surface area (Å²) in [6.07, 6.45) is 2.51. The SMILES string of the molecule is CCCC(=O)OC(OC(=O)CCC)OC(=O)C1(C(=O)O)OC=CO1. The zero-order valence-corrected chi connectivity index (χ0v) is 13.2. The summed E-state index contributed by atoms with van der Waals surface area (Å²) < 4.78 is 23.3. The van der Waals surface area contributed by atoms with Crippen LogP contribution in [0, 0.1) is 0 Å². The molecule has 0 spiro atoms. The Labute approximate surface area is 137 Å². The Bertz CT molecular complexity index is 496. The van der Waals surface area contributed by atoms with E-state index in [1.165, 1.54) is 0 Å². The third-order valence-electron chi connectivity index (χ3n) is 2.64. The molecule has 0 aromatic heterocycles. The van der Waals surface area contributed by atoms with Gasteiger partial charge in [-0.05, 0) is 12.8 Å². The van der Waals surface area contributed by atoms with Gasteiger partial charge in [0.2, 0.25) is 0 Å². The summed E-state index contributed by atoms with van der Waals surface area (Å²) in [5.41, 5.74) is 0. The Morgan fingerprint density at radius 2 is 1.42 bits per heavy atom. The van der Waals surface area contributed by atoms with Gasteiger partial charge < -0.3 is 28.8 Å². The normalized spacial score (nSPS) is 14.5. The zero-order chi connectivity index (χ0) is 18.2. The van der Waals surface area contributed by atoms with E-state index in [1.54, 1.807) is 13.8 Å². The fourth-order valence-electron chi connectivity index (χ4n) is 1.54. The van der Waals surface area contributed by atoms with Gasteiger partial charge >= 0.3 is 36.1 Å². The number of ether oxygens (including phenoxy) is 5. The second kappa shape index (κ2) is 8.75. The predicted octanol–water partition coefficient (Wildman–Crippen LogP) is 0.799. The number of esters is 3.